The summed E-state index contributed by atoms with van der Waals surface area (Å²) in [6, 6.07) is 0. The molecule has 1 aliphatic heterocycles. The lowest BCUT2D eigenvalue weighted by molar-refractivity contribution is -0.0178. The van der Waals surface area contributed by atoms with Crippen LogP contribution in [0.2, 0.25) is 0 Å². The lowest BCUT2D eigenvalue weighted by Gasteiger charge is -2.16. The predicted octanol–water partition coefficient (Wildman–Crippen LogP) is 0.777. The van der Waals surface area contributed by atoms with Gasteiger partial charge in [-0.25, -0.2) is 9.37 Å². The Labute approximate surface area is 135 Å². The number of aromatic nitrogens is 3. The second-order valence-corrected chi connectivity index (χ2v) is 7.99. The van der Waals surface area contributed by atoms with Crippen LogP contribution in [0.4, 0.5) is 4.39 Å². The number of halogens is 1. The monoisotopic (exact) mass is 363 g/mol. The van der Waals surface area contributed by atoms with Crippen LogP contribution in [0.3, 0.4) is 0 Å². The highest BCUT2D eigenvalue weighted by Crippen LogP contribution is 2.39. The van der Waals surface area contributed by atoms with Crippen LogP contribution >= 0.6 is 6.72 Å². The summed E-state index contributed by atoms with van der Waals surface area (Å²) in [6.45, 7) is -3.78. The Balaban J connectivity index is 1.84. The van der Waals surface area contributed by atoms with Crippen LogP contribution in [0.25, 0.3) is 11.0 Å². The van der Waals surface area contributed by atoms with Crippen molar-refractivity contribution in [1.82, 2.24) is 14.1 Å². The molecule has 0 bridgehead atoms. The van der Waals surface area contributed by atoms with Gasteiger partial charge in [-0.05, 0) is 24.6 Å². The minimum atomic E-state index is -3.73. The summed E-state index contributed by atoms with van der Waals surface area (Å²) in [5, 5.41) is -0.0838. The van der Waals surface area contributed by atoms with Crippen molar-refractivity contribution in [3.63, 3.8) is 0 Å². The highest BCUT2D eigenvalue weighted by molar-refractivity contribution is 8.06. The van der Waals surface area contributed by atoms with E-state index in [0.717, 1.165) is 0 Å². The summed E-state index contributed by atoms with van der Waals surface area (Å²) in [5.74, 6) is -0.654. The molecule has 23 heavy (non-hydrogen) atoms. The molecule has 0 aromatic carbocycles. The molecular formula is C12H15FN3O5PS. The quantitative estimate of drug-likeness (QED) is 0.775. The molecule has 11 heteroatoms. The Morgan fingerprint density at radius 2 is 2.30 bits per heavy atom. The van der Waals surface area contributed by atoms with Gasteiger partial charge in [-0.15, -0.1) is 0 Å². The zero-order valence-electron chi connectivity index (χ0n) is 12.1. The third-order valence-corrected chi connectivity index (χ3v) is 4.47. The van der Waals surface area contributed by atoms with Crippen molar-refractivity contribution in [2.45, 2.75) is 25.2 Å². The van der Waals surface area contributed by atoms with Gasteiger partial charge in [0.25, 0.3) is 5.56 Å². The fourth-order valence-corrected chi connectivity index (χ4v) is 3.14. The van der Waals surface area contributed by atoms with E-state index in [4.69, 9.17) is 19.0 Å². The van der Waals surface area contributed by atoms with E-state index in [1.807, 2.05) is 0 Å². The maximum Gasteiger partial charge on any atom is 0.321 e. The van der Waals surface area contributed by atoms with Crippen molar-refractivity contribution < 1.29 is 23.4 Å². The molecule has 0 spiro atoms. The minimum absolute atomic E-state index is 0.0579. The topological polar surface area (TPSA) is 98.7 Å². The zero-order chi connectivity index (χ0) is 16.8. The number of fused-ring (bicyclic) bond motifs is 1. The summed E-state index contributed by atoms with van der Waals surface area (Å²) < 4.78 is 27.2. The first-order chi connectivity index (χ1) is 10.8. The Kier molecular flexibility index (Phi) is 4.39. The Morgan fingerprint density at radius 3 is 3.00 bits per heavy atom. The maximum absolute atomic E-state index is 14.1. The second kappa shape index (κ2) is 6.04. The number of hydrogen-bond acceptors (Lipinski definition) is 5. The number of rotatable bonds is 4. The van der Waals surface area contributed by atoms with Gasteiger partial charge in [-0.3, -0.25) is 4.79 Å². The smallest absolute Gasteiger partial charge is 0.321 e. The van der Waals surface area contributed by atoms with Crippen molar-refractivity contribution in [2.24, 2.45) is 7.05 Å². The average Bonchev–Trinajstić information content (AvgIpc) is 3.05. The normalized spacial score (nSPS) is 22.1. The summed E-state index contributed by atoms with van der Waals surface area (Å²) >= 11 is 4.38. The first kappa shape index (κ1) is 16.7. The van der Waals surface area contributed by atoms with Gasteiger partial charge >= 0.3 is 6.72 Å². The number of nitrogens with zero attached hydrogens (tertiary/aromatic N) is 3. The molecule has 126 valence electrons. The molecule has 2 aromatic rings. The fraction of sp³-hybridized carbons (Fsp3) is 0.500. The first-order valence-corrected chi connectivity index (χ1v) is 9.46. The van der Waals surface area contributed by atoms with Crippen LogP contribution in [-0.2, 0) is 28.1 Å². The lowest BCUT2D eigenvalue weighted by atomic mass is 10.2. The molecule has 1 fully saturated rings. The van der Waals surface area contributed by atoms with Crippen LogP contribution in [0.1, 0.15) is 19.1 Å². The number of aryl methyl sites for hydroxylation is 1. The van der Waals surface area contributed by atoms with Crippen molar-refractivity contribution in [1.29, 1.82) is 0 Å². The Bertz CT molecular complexity index is 847. The van der Waals surface area contributed by atoms with Gasteiger partial charge in [-0.2, -0.15) is 0 Å². The van der Waals surface area contributed by atoms with E-state index < -0.39 is 30.4 Å². The Morgan fingerprint density at radius 1 is 1.57 bits per heavy atom. The van der Waals surface area contributed by atoms with E-state index in [-0.39, 0.29) is 17.6 Å². The van der Waals surface area contributed by atoms with E-state index >= 15 is 0 Å². The summed E-state index contributed by atoms with van der Waals surface area (Å²) in [5.41, 5.74) is -0.253. The zero-order valence-corrected chi connectivity index (χ0v) is 13.8. The van der Waals surface area contributed by atoms with Crippen LogP contribution in [0, 0.1) is 5.82 Å². The van der Waals surface area contributed by atoms with Gasteiger partial charge in [0.05, 0.1) is 19.0 Å². The molecule has 0 saturated carbocycles. The van der Waals surface area contributed by atoms with Crippen LogP contribution < -0.4 is 5.56 Å². The van der Waals surface area contributed by atoms with Crippen molar-refractivity contribution >= 4 is 29.6 Å². The molecule has 2 atom stereocenters. The third-order valence-electron chi connectivity index (χ3n) is 3.67. The van der Waals surface area contributed by atoms with Gasteiger partial charge in [0.1, 0.15) is 11.6 Å². The molecule has 0 radical (unpaired) electrons. The summed E-state index contributed by atoms with van der Waals surface area (Å²) in [4.78, 5) is 34.2. The van der Waals surface area contributed by atoms with Crippen molar-refractivity contribution in [3.8, 4) is 0 Å². The molecular weight excluding hydrogens is 348 g/mol. The third kappa shape index (κ3) is 3.37. The second-order valence-electron chi connectivity index (χ2n) is 5.32. The standard InChI is InChI=1S/C12H15FN3O5PS/c1-15-6-14-11-10(12(15)17)8(13)4-16(11)9-3-2-7(21-9)5-20-22(18,19)23/h4,6-7,9H,2-3,5H2,1H3,(H2,18,19,23)/t7-,9+/m0/s1. The van der Waals surface area contributed by atoms with Gasteiger partial charge in [0, 0.05) is 13.2 Å². The number of ether oxygens (including phenoxy) is 1. The predicted molar refractivity (Wildman–Crippen MR) is 82.8 cm³/mol. The highest BCUT2D eigenvalue weighted by atomic mass is 32.5. The van der Waals surface area contributed by atoms with Crippen molar-refractivity contribution in [3.05, 3.63) is 28.7 Å². The maximum atomic E-state index is 14.1. The molecule has 2 N–H and O–H groups in total. The van der Waals surface area contributed by atoms with Crippen LogP contribution in [0.15, 0.2) is 17.3 Å². The van der Waals surface area contributed by atoms with Crippen molar-refractivity contribution in [2.75, 3.05) is 6.61 Å². The molecule has 0 aliphatic carbocycles. The number of hydrogen-bond donors (Lipinski definition) is 2. The molecule has 8 nitrogen and oxygen atoms in total. The van der Waals surface area contributed by atoms with Gasteiger partial charge in [-0.1, -0.05) is 0 Å². The molecule has 3 heterocycles. The van der Waals surface area contributed by atoms with Crippen LogP contribution in [0.5, 0.6) is 0 Å². The molecule has 3 rings (SSSR count). The SMILES string of the molecule is Cn1cnc2c(c(F)cn2[C@H]2CC[C@@H](COP(O)(O)=S)O2)c1=O. The summed E-state index contributed by atoms with van der Waals surface area (Å²) in [6.07, 6.45) is 2.73. The molecule has 2 aromatic heterocycles. The molecule has 0 amide bonds. The van der Waals surface area contributed by atoms with E-state index in [1.54, 1.807) is 0 Å². The molecule has 1 aliphatic rings. The largest absolute Gasteiger partial charge is 0.352 e. The van der Waals surface area contributed by atoms with Gasteiger partial charge in [0.2, 0.25) is 0 Å². The van der Waals surface area contributed by atoms with Crippen LogP contribution in [-0.4, -0.2) is 36.6 Å². The highest BCUT2D eigenvalue weighted by Gasteiger charge is 2.30. The van der Waals surface area contributed by atoms with E-state index in [0.29, 0.717) is 12.8 Å². The minimum Gasteiger partial charge on any atom is -0.352 e. The summed E-state index contributed by atoms with van der Waals surface area (Å²) in [7, 11) is 1.50. The van der Waals surface area contributed by atoms with E-state index in [9.17, 15) is 9.18 Å². The van der Waals surface area contributed by atoms with E-state index in [1.165, 1.54) is 28.7 Å². The average molecular weight is 363 g/mol. The molecule has 1 saturated heterocycles. The Hall–Kier alpha value is -1.16. The van der Waals surface area contributed by atoms with Gasteiger partial charge in [0.15, 0.2) is 11.5 Å². The van der Waals surface area contributed by atoms with E-state index in [2.05, 4.69) is 16.8 Å². The van der Waals surface area contributed by atoms with Gasteiger partial charge < -0.3 is 28.2 Å². The fourth-order valence-electron chi connectivity index (χ4n) is 2.60. The lowest BCUT2D eigenvalue weighted by Crippen LogP contribution is -2.19. The molecule has 0 unspecified atom stereocenters. The first-order valence-electron chi connectivity index (χ1n) is 6.83.